The molecule has 1 aliphatic carbocycles. The number of carbonyl (C=O) groups is 2. The summed E-state index contributed by atoms with van der Waals surface area (Å²) in [7, 11) is 0. The Morgan fingerprint density at radius 3 is 2.68 bits per heavy atom. The molecule has 0 saturated carbocycles. The molecule has 124 valence electrons. The number of hydrogen-bond acceptors (Lipinski definition) is 3. The molecule has 2 aromatic rings. The second-order valence-electron chi connectivity index (χ2n) is 6.49. The molecule has 0 aromatic heterocycles. The summed E-state index contributed by atoms with van der Waals surface area (Å²) < 4.78 is 0. The second-order valence-corrected chi connectivity index (χ2v) is 6.49. The van der Waals surface area contributed by atoms with Gasteiger partial charge in [0.25, 0.3) is 5.91 Å². The third-order valence-corrected chi connectivity index (χ3v) is 5.23. The van der Waals surface area contributed by atoms with Crippen molar-refractivity contribution in [3.8, 4) is 12.3 Å². The number of carbonyl (C=O) groups excluding carboxylic acids is 2. The van der Waals surface area contributed by atoms with Crippen molar-refractivity contribution in [1.82, 2.24) is 0 Å². The van der Waals surface area contributed by atoms with E-state index >= 15 is 0 Å². The fraction of sp³-hybridized carbons (Fsp3) is 0.238. The first-order valence-electron chi connectivity index (χ1n) is 8.28. The Morgan fingerprint density at radius 2 is 1.88 bits per heavy atom. The summed E-state index contributed by atoms with van der Waals surface area (Å²) in [4.78, 5) is 27.5. The van der Waals surface area contributed by atoms with Gasteiger partial charge in [0.2, 0.25) is 0 Å². The third-order valence-electron chi connectivity index (χ3n) is 5.23. The molecule has 1 aliphatic heterocycles. The quantitative estimate of drug-likeness (QED) is 0.859. The Hall–Kier alpha value is -2.90. The van der Waals surface area contributed by atoms with Crippen LogP contribution in [-0.4, -0.2) is 23.3 Å². The summed E-state index contributed by atoms with van der Waals surface area (Å²) in [6, 6.07) is 14.4. The number of nitrogens with zero attached hydrogens (tertiary/aromatic N) is 1. The third kappa shape index (κ3) is 2.06. The number of Topliss-reactive ketones (excluding diaryl/α,β-unsaturated/α-hetero) is 1. The van der Waals surface area contributed by atoms with Gasteiger partial charge in [-0.3, -0.25) is 14.5 Å². The maximum absolute atomic E-state index is 13.1. The van der Waals surface area contributed by atoms with Gasteiger partial charge in [0, 0.05) is 11.1 Å². The average molecular weight is 331 g/mol. The molecular formula is C21H17NO3. The fourth-order valence-electron chi connectivity index (χ4n) is 4.04. The van der Waals surface area contributed by atoms with Crippen LogP contribution in [0.25, 0.3) is 0 Å². The summed E-state index contributed by atoms with van der Waals surface area (Å²) >= 11 is 0. The van der Waals surface area contributed by atoms with Crippen LogP contribution in [0.4, 0.5) is 5.69 Å². The van der Waals surface area contributed by atoms with Crippen molar-refractivity contribution in [3.63, 3.8) is 0 Å². The summed E-state index contributed by atoms with van der Waals surface area (Å²) in [5.74, 6) is 0.956. The Kier molecular flexibility index (Phi) is 3.48. The predicted octanol–water partition coefficient (Wildman–Crippen LogP) is 2.30. The van der Waals surface area contributed by atoms with Crippen molar-refractivity contribution in [2.75, 3.05) is 11.4 Å². The number of hydrogen-bond donors (Lipinski definition) is 1. The highest BCUT2D eigenvalue weighted by Crippen LogP contribution is 2.48. The molecule has 1 heterocycles. The number of aliphatic hydroxyl groups is 1. The van der Waals surface area contributed by atoms with Crippen LogP contribution in [0.1, 0.15) is 27.9 Å². The van der Waals surface area contributed by atoms with Gasteiger partial charge >= 0.3 is 0 Å². The number of rotatable bonds is 2. The minimum atomic E-state index is -1.86. The molecule has 0 unspecified atom stereocenters. The van der Waals surface area contributed by atoms with Crippen LogP contribution in [0.15, 0.2) is 48.5 Å². The summed E-state index contributed by atoms with van der Waals surface area (Å²) in [6.45, 7) is 0.0651. The maximum atomic E-state index is 13.1. The van der Waals surface area contributed by atoms with E-state index in [1.165, 1.54) is 4.90 Å². The largest absolute Gasteiger partial charge is 0.375 e. The number of ketones is 1. The Morgan fingerprint density at radius 1 is 1.16 bits per heavy atom. The summed E-state index contributed by atoms with van der Waals surface area (Å²) in [5, 5.41) is 11.4. The monoisotopic (exact) mass is 331 g/mol. The lowest BCUT2D eigenvalue weighted by Gasteiger charge is -2.34. The van der Waals surface area contributed by atoms with Crippen LogP contribution < -0.4 is 4.90 Å². The number of anilines is 1. The van der Waals surface area contributed by atoms with Crippen LogP contribution in [0.5, 0.6) is 0 Å². The molecule has 0 saturated heterocycles. The van der Waals surface area contributed by atoms with Gasteiger partial charge in [-0.05, 0) is 24.5 Å². The highest BCUT2D eigenvalue weighted by atomic mass is 16.3. The molecule has 0 radical (unpaired) electrons. The summed E-state index contributed by atoms with van der Waals surface area (Å²) in [5.41, 5.74) is 0.741. The van der Waals surface area contributed by atoms with Gasteiger partial charge in [0.15, 0.2) is 11.4 Å². The number of fused-ring (bicyclic) bond motifs is 2. The van der Waals surface area contributed by atoms with Gasteiger partial charge in [-0.15, -0.1) is 6.42 Å². The molecule has 2 aromatic carbocycles. The first kappa shape index (κ1) is 15.6. The van der Waals surface area contributed by atoms with Crippen molar-refractivity contribution >= 4 is 17.4 Å². The molecule has 0 bridgehead atoms. The lowest BCUT2D eigenvalue weighted by atomic mass is 9.71. The average Bonchev–Trinajstić information content (AvgIpc) is 2.85. The zero-order valence-electron chi connectivity index (χ0n) is 13.6. The van der Waals surface area contributed by atoms with E-state index in [0.717, 1.165) is 5.56 Å². The van der Waals surface area contributed by atoms with Gasteiger partial charge in [-0.2, -0.15) is 0 Å². The van der Waals surface area contributed by atoms with Crippen LogP contribution in [0.3, 0.4) is 0 Å². The van der Waals surface area contributed by atoms with E-state index in [9.17, 15) is 14.7 Å². The lowest BCUT2D eigenvalue weighted by Crippen LogP contribution is -2.49. The minimum absolute atomic E-state index is 0.0651. The van der Waals surface area contributed by atoms with E-state index in [2.05, 4.69) is 5.92 Å². The van der Waals surface area contributed by atoms with E-state index in [1.807, 2.05) is 12.1 Å². The highest BCUT2D eigenvalue weighted by molar-refractivity contribution is 6.12. The zero-order chi connectivity index (χ0) is 17.6. The number of benzene rings is 2. The molecule has 1 N–H and O–H groups in total. The van der Waals surface area contributed by atoms with Crippen molar-refractivity contribution in [1.29, 1.82) is 0 Å². The van der Waals surface area contributed by atoms with Crippen LogP contribution in [0.2, 0.25) is 0 Å². The second kappa shape index (κ2) is 5.58. The number of amides is 1. The van der Waals surface area contributed by atoms with Gasteiger partial charge in [-0.1, -0.05) is 48.4 Å². The zero-order valence-corrected chi connectivity index (χ0v) is 13.6. The highest BCUT2D eigenvalue weighted by Gasteiger charge is 2.57. The minimum Gasteiger partial charge on any atom is -0.375 e. The van der Waals surface area contributed by atoms with Gasteiger partial charge in [0.05, 0.1) is 18.2 Å². The summed E-state index contributed by atoms with van der Waals surface area (Å²) in [6.07, 6.45) is 6.47. The molecule has 2 atom stereocenters. The molecule has 4 nitrogen and oxygen atoms in total. The van der Waals surface area contributed by atoms with E-state index in [4.69, 9.17) is 6.42 Å². The van der Waals surface area contributed by atoms with Gasteiger partial charge < -0.3 is 5.11 Å². The van der Waals surface area contributed by atoms with Gasteiger partial charge in [-0.25, -0.2) is 0 Å². The topological polar surface area (TPSA) is 57.6 Å². The normalized spacial score (nSPS) is 24.6. The molecule has 25 heavy (non-hydrogen) atoms. The van der Waals surface area contributed by atoms with E-state index in [1.54, 1.807) is 36.4 Å². The Labute approximate surface area is 146 Å². The SMILES string of the molecule is C#CCN1C(=O)[C@@](O)([C@@H]2CCc3ccccc3C2=O)c2ccccc21. The molecule has 0 fully saturated rings. The Balaban J connectivity index is 1.84. The van der Waals surface area contributed by atoms with E-state index in [-0.39, 0.29) is 12.3 Å². The van der Waals surface area contributed by atoms with Crippen molar-refractivity contribution in [2.24, 2.45) is 5.92 Å². The number of terminal acetylenes is 1. The smallest absolute Gasteiger partial charge is 0.265 e. The molecule has 4 rings (SSSR count). The molecule has 2 aliphatic rings. The fourth-order valence-corrected chi connectivity index (χ4v) is 4.04. The van der Waals surface area contributed by atoms with Crippen LogP contribution in [-0.2, 0) is 16.8 Å². The van der Waals surface area contributed by atoms with Gasteiger partial charge in [0.1, 0.15) is 0 Å². The van der Waals surface area contributed by atoms with Crippen LogP contribution in [0, 0.1) is 18.3 Å². The predicted molar refractivity (Wildman–Crippen MR) is 94.1 cm³/mol. The molecule has 4 heteroatoms. The van der Waals surface area contributed by atoms with Crippen molar-refractivity contribution in [2.45, 2.75) is 18.4 Å². The molecular weight excluding hydrogens is 314 g/mol. The standard InChI is InChI=1S/C21H17NO3/c1-2-13-22-18-10-6-5-9-16(18)21(25,20(22)24)17-12-11-14-7-3-4-8-15(14)19(17)23/h1,3-10,17,25H,11-13H2/t17-,21+/m1/s1. The van der Waals surface area contributed by atoms with E-state index in [0.29, 0.717) is 29.7 Å². The molecule has 1 amide bonds. The number of aryl methyl sites for hydroxylation is 1. The Bertz CT molecular complexity index is 927. The van der Waals surface area contributed by atoms with Crippen LogP contribution >= 0.6 is 0 Å². The van der Waals surface area contributed by atoms with Crippen molar-refractivity contribution in [3.05, 3.63) is 65.2 Å². The first-order chi connectivity index (χ1) is 12.1. The van der Waals surface area contributed by atoms with Crippen molar-refractivity contribution < 1.29 is 14.7 Å². The maximum Gasteiger partial charge on any atom is 0.265 e. The first-order valence-corrected chi connectivity index (χ1v) is 8.28. The lowest BCUT2D eigenvalue weighted by molar-refractivity contribution is -0.140. The number of para-hydroxylation sites is 1. The molecule has 0 spiro atoms. The van der Waals surface area contributed by atoms with E-state index < -0.39 is 17.4 Å².